The van der Waals surface area contributed by atoms with Gasteiger partial charge in [-0.05, 0) is 57.6 Å². The molecule has 6 rings (SSSR count). The van der Waals surface area contributed by atoms with Gasteiger partial charge in [0.1, 0.15) is 12.2 Å². The molecule has 1 fully saturated rings. The second-order valence-electron chi connectivity index (χ2n) is 9.17. The first kappa shape index (κ1) is 20.9. The second kappa shape index (κ2) is 7.40. The number of fused-ring (bicyclic) bond motifs is 8. The monoisotopic (exact) mass is 459 g/mol. The van der Waals surface area contributed by atoms with Crippen molar-refractivity contribution in [2.45, 2.75) is 24.7 Å². The van der Waals surface area contributed by atoms with E-state index in [0.717, 1.165) is 39.1 Å². The van der Waals surface area contributed by atoms with Gasteiger partial charge < -0.3 is 20.7 Å². The summed E-state index contributed by atoms with van der Waals surface area (Å²) in [5.41, 5.74) is 13.4. The van der Waals surface area contributed by atoms with Crippen LogP contribution < -0.4 is 16.0 Å². The van der Waals surface area contributed by atoms with Crippen molar-refractivity contribution in [2.24, 2.45) is 5.73 Å². The van der Waals surface area contributed by atoms with Crippen LogP contribution in [0.15, 0.2) is 67.2 Å². The van der Waals surface area contributed by atoms with Crippen molar-refractivity contribution >= 4 is 17.3 Å². The second-order valence-corrected chi connectivity index (χ2v) is 9.17. The Labute approximate surface area is 195 Å². The summed E-state index contributed by atoms with van der Waals surface area (Å²) in [5.74, 6) is -2.79. The van der Waals surface area contributed by atoms with Crippen LogP contribution in [0.3, 0.4) is 0 Å². The number of halogens is 2. The molecule has 0 spiro atoms. The Hall–Kier alpha value is -3.71. The van der Waals surface area contributed by atoms with Crippen LogP contribution in [-0.2, 0) is 11.3 Å². The molecule has 3 heterocycles. The molecule has 3 aliphatic heterocycles. The Morgan fingerprint density at radius 3 is 2.26 bits per heavy atom. The number of benzene rings is 3. The molecule has 172 valence electrons. The maximum Gasteiger partial charge on any atom is 0.282 e. The fraction of sp³-hybridized carbons (Fsp3) is 0.222. The minimum Gasteiger partial charge on any atom is -0.399 e. The lowest BCUT2D eigenvalue weighted by Gasteiger charge is -2.40. The highest BCUT2D eigenvalue weighted by atomic mass is 19.3. The van der Waals surface area contributed by atoms with Crippen molar-refractivity contribution in [1.29, 1.82) is 0 Å². The molecule has 3 N–H and O–H groups in total. The summed E-state index contributed by atoms with van der Waals surface area (Å²) in [6.07, 6.45) is -0.476. The van der Waals surface area contributed by atoms with Gasteiger partial charge in [0.2, 0.25) is 0 Å². The van der Waals surface area contributed by atoms with Crippen LogP contribution in [0.1, 0.15) is 55.9 Å². The summed E-state index contributed by atoms with van der Waals surface area (Å²) < 4.78 is 32.9. The van der Waals surface area contributed by atoms with E-state index in [2.05, 4.69) is 11.9 Å². The standard InChI is InChI=1S/C27H23F2N3O2/c1-15(30)17-4-2-16(3-5-17)12-31-26(33)18-6-8-20-22(10-18)25-23-11-19(32-13-27(28,29)14-32)7-9-21(23)24(20)34-25/h2-11,24-25H,1,12-14,30H2,(H,31,33)/t24-,25+/m1/s1. The molecular formula is C27H23F2N3O2. The van der Waals surface area contributed by atoms with Crippen molar-refractivity contribution in [3.05, 3.63) is 106 Å². The number of amides is 1. The molecule has 0 saturated carbocycles. The fourth-order valence-corrected chi connectivity index (χ4v) is 4.99. The van der Waals surface area contributed by atoms with Gasteiger partial charge >= 0.3 is 0 Å². The number of carbonyl (C=O) groups is 1. The van der Waals surface area contributed by atoms with E-state index in [4.69, 9.17) is 10.5 Å². The molecule has 7 heteroatoms. The van der Waals surface area contributed by atoms with E-state index in [1.807, 2.05) is 60.7 Å². The lowest BCUT2D eigenvalue weighted by molar-refractivity contribution is -0.0262. The third-order valence-corrected chi connectivity index (χ3v) is 6.81. The van der Waals surface area contributed by atoms with Crippen molar-refractivity contribution in [3.63, 3.8) is 0 Å². The molecule has 34 heavy (non-hydrogen) atoms. The Balaban J connectivity index is 1.19. The largest absolute Gasteiger partial charge is 0.399 e. The first-order valence-electron chi connectivity index (χ1n) is 11.2. The van der Waals surface area contributed by atoms with Gasteiger partial charge in [-0.15, -0.1) is 0 Å². The van der Waals surface area contributed by atoms with Gasteiger partial charge in [-0.1, -0.05) is 43.0 Å². The average Bonchev–Trinajstić information content (AvgIpc) is 3.38. The molecule has 3 aromatic carbocycles. The van der Waals surface area contributed by atoms with Gasteiger partial charge in [-0.3, -0.25) is 4.79 Å². The van der Waals surface area contributed by atoms with Gasteiger partial charge in [0.25, 0.3) is 11.8 Å². The van der Waals surface area contributed by atoms with Crippen LogP contribution in [0, 0.1) is 0 Å². The fourth-order valence-electron chi connectivity index (χ4n) is 4.99. The van der Waals surface area contributed by atoms with Crippen LogP contribution in [0.5, 0.6) is 0 Å². The van der Waals surface area contributed by atoms with Crippen LogP contribution in [0.25, 0.3) is 5.70 Å². The number of ether oxygens (including phenoxy) is 1. The van der Waals surface area contributed by atoms with Crippen molar-refractivity contribution < 1.29 is 18.3 Å². The van der Waals surface area contributed by atoms with Gasteiger partial charge in [-0.2, -0.15) is 0 Å². The molecule has 0 radical (unpaired) electrons. The van der Waals surface area contributed by atoms with Crippen LogP contribution in [-0.4, -0.2) is 24.9 Å². The predicted octanol–water partition coefficient (Wildman–Crippen LogP) is 4.52. The number of nitrogens with one attached hydrogen (secondary N) is 1. The van der Waals surface area contributed by atoms with Crippen molar-refractivity contribution in [1.82, 2.24) is 5.32 Å². The highest BCUT2D eigenvalue weighted by Gasteiger charge is 2.46. The molecule has 0 aromatic heterocycles. The number of nitrogens with two attached hydrogens (primary N) is 1. The predicted molar refractivity (Wildman–Crippen MR) is 126 cm³/mol. The maximum atomic E-state index is 13.3. The SMILES string of the molecule is C=C(N)c1ccc(CNC(=O)c2ccc3c(c2)[C@@H]2O[C@H]3c3ccc(N4CC(F)(F)C4)cc32)cc1. The summed E-state index contributed by atoms with van der Waals surface area (Å²) >= 11 is 0. The summed E-state index contributed by atoms with van der Waals surface area (Å²) in [6, 6.07) is 19.0. The highest BCUT2D eigenvalue weighted by Crippen LogP contribution is 2.55. The molecule has 1 saturated heterocycles. The number of anilines is 1. The molecular weight excluding hydrogens is 436 g/mol. The van der Waals surface area contributed by atoms with Gasteiger partial charge in [-0.25, -0.2) is 8.78 Å². The number of carbonyl (C=O) groups excluding carboxylic acids is 1. The number of rotatable bonds is 5. The number of nitrogens with zero attached hydrogens (tertiary/aromatic N) is 1. The zero-order valence-electron chi connectivity index (χ0n) is 18.4. The van der Waals surface area contributed by atoms with Crippen molar-refractivity contribution in [2.75, 3.05) is 18.0 Å². The molecule has 0 aliphatic carbocycles. The molecule has 2 atom stereocenters. The molecule has 3 aromatic rings. The lowest BCUT2D eigenvalue weighted by Crippen LogP contribution is -2.56. The van der Waals surface area contributed by atoms with Crippen molar-refractivity contribution in [3.8, 4) is 0 Å². The Morgan fingerprint density at radius 2 is 1.59 bits per heavy atom. The van der Waals surface area contributed by atoms with E-state index in [9.17, 15) is 13.6 Å². The van der Waals surface area contributed by atoms with Crippen LogP contribution in [0.4, 0.5) is 14.5 Å². The summed E-state index contributed by atoms with van der Waals surface area (Å²) in [4.78, 5) is 14.5. The van der Waals surface area contributed by atoms with E-state index < -0.39 is 5.92 Å². The van der Waals surface area contributed by atoms with Crippen LogP contribution >= 0.6 is 0 Å². The summed E-state index contributed by atoms with van der Waals surface area (Å²) in [5, 5.41) is 2.95. The summed E-state index contributed by atoms with van der Waals surface area (Å²) in [7, 11) is 0. The molecule has 3 aliphatic rings. The molecule has 0 unspecified atom stereocenters. The normalized spacial score (nSPS) is 20.9. The third kappa shape index (κ3) is 3.35. The average molecular weight is 459 g/mol. The minimum absolute atomic E-state index is 0.172. The Morgan fingerprint density at radius 1 is 0.971 bits per heavy atom. The minimum atomic E-state index is -2.62. The zero-order valence-corrected chi connectivity index (χ0v) is 18.4. The molecule has 5 nitrogen and oxygen atoms in total. The van der Waals surface area contributed by atoms with Crippen LogP contribution in [0.2, 0.25) is 0 Å². The van der Waals surface area contributed by atoms with E-state index in [1.54, 1.807) is 4.90 Å². The van der Waals surface area contributed by atoms with E-state index >= 15 is 0 Å². The van der Waals surface area contributed by atoms with Gasteiger partial charge in [0.05, 0.1) is 13.1 Å². The smallest absolute Gasteiger partial charge is 0.282 e. The number of hydrogen-bond acceptors (Lipinski definition) is 4. The van der Waals surface area contributed by atoms with Gasteiger partial charge in [0.15, 0.2) is 0 Å². The first-order chi connectivity index (χ1) is 16.3. The van der Waals surface area contributed by atoms with E-state index in [-0.39, 0.29) is 31.2 Å². The molecule has 1 amide bonds. The Bertz CT molecular complexity index is 1330. The third-order valence-electron chi connectivity index (χ3n) is 6.81. The number of hydrogen-bond donors (Lipinski definition) is 2. The van der Waals surface area contributed by atoms with E-state index in [1.165, 1.54) is 0 Å². The first-order valence-corrected chi connectivity index (χ1v) is 11.2. The molecule has 2 bridgehead atoms. The zero-order chi connectivity index (χ0) is 23.6. The van der Waals surface area contributed by atoms with Gasteiger partial charge in [0, 0.05) is 23.5 Å². The lowest BCUT2D eigenvalue weighted by atomic mass is 9.84. The topological polar surface area (TPSA) is 67.6 Å². The summed E-state index contributed by atoms with van der Waals surface area (Å²) in [6.45, 7) is 3.59. The Kier molecular flexibility index (Phi) is 4.54. The van der Waals surface area contributed by atoms with E-state index in [0.29, 0.717) is 17.8 Å². The quantitative estimate of drug-likeness (QED) is 0.589. The maximum absolute atomic E-state index is 13.3. The highest BCUT2D eigenvalue weighted by molar-refractivity contribution is 5.94. The number of alkyl halides is 2.